The maximum Gasteiger partial charge on any atom is 0.333 e. The Hall–Kier alpha value is -1.40. The second-order valence-electron chi connectivity index (χ2n) is 5.50. The summed E-state index contributed by atoms with van der Waals surface area (Å²) in [6.07, 6.45) is 6.41. The Morgan fingerprint density at radius 1 is 1.36 bits per heavy atom. The lowest BCUT2D eigenvalue weighted by Crippen LogP contribution is -2.35. The molecule has 2 N–H and O–H groups in total. The summed E-state index contributed by atoms with van der Waals surface area (Å²) in [5, 5.41) is 12.8. The molecular formula is C16H27NO5. The van der Waals surface area contributed by atoms with E-state index in [9.17, 15) is 14.7 Å². The van der Waals surface area contributed by atoms with Gasteiger partial charge in [0.2, 0.25) is 6.29 Å². The SMILES string of the molecule is CCCCCCCCNCC(OC(C)=O)C1=CC(=O)OC1O. The fourth-order valence-electron chi connectivity index (χ4n) is 2.36. The summed E-state index contributed by atoms with van der Waals surface area (Å²) in [5.41, 5.74) is 0.288. The lowest BCUT2D eigenvalue weighted by molar-refractivity contribution is -0.153. The number of esters is 2. The van der Waals surface area contributed by atoms with E-state index in [2.05, 4.69) is 17.0 Å². The van der Waals surface area contributed by atoms with Crippen LogP contribution in [0.5, 0.6) is 0 Å². The maximum atomic E-state index is 11.2. The molecule has 0 aromatic carbocycles. The number of carbonyl (C=O) groups is 2. The zero-order chi connectivity index (χ0) is 16.4. The van der Waals surface area contributed by atoms with E-state index >= 15 is 0 Å². The van der Waals surface area contributed by atoms with Crippen LogP contribution in [0.4, 0.5) is 0 Å². The highest BCUT2D eigenvalue weighted by Gasteiger charge is 2.31. The van der Waals surface area contributed by atoms with Crippen molar-refractivity contribution in [3.8, 4) is 0 Å². The zero-order valence-corrected chi connectivity index (χ0v) is 13.5. The van der Waals surface area contributed by atoms with Gasteiger partial charge in [-0.05, 0) is 13.0 Å². The second kappa shape index (κ2) is 10.3. The van der Waals surface area contributed by atoms with Gasteiger partial charge >= 0.3 is 11.9 Å². The molecule has 0 bridgehead atoms. The first-order valence-electron chi connectivity index (χ1n) is 8.02. The fourth-order valence-corrected chi connectivity index (χ4v) is 2.36. The van der Waals surface area contributed by atoms with Gasteiger partial charge in [0, 0.05) is 25.1 Å². The molecule has 0 fully saturated rings. The Morgan fingerprint density at radius 2 is 2.05 bits per heavy atom. The number of aliphatic hydroxyl groups excluding tert-OH is 1. The molecule has 2 unspecified atom stereocenters. The number of rotatable bonds is 11. The molecule has 6 heteroatoms. The van der Waals surface area contributed by atoms with Crippen molar-refractivity contribution in [3.63, 3.8) is 0 Å². The number of hydrogen-bond acceptors (Lipinski definition) is 6. The lowest BCUT2D eigenvalue weighted by Gasteiger charge is -2.20. The highest BCUT2D eigenvalue weighted by atomic mass is 16.6. The van der Waals surface area contributed by atoms with Gasteiger partial charge in [-0.3, -0.25) is 4.79 Å². The molecule has 22 heavy (non-hydrogen) atoms. The molecule has 0 aliphatic carbocycles. The Labute approximate surface area is 131 Å². The van der Waals surface area contributed by atoms with Crippen molar-refractivity contribution in [3.05, 3.63) is 11.6 Å². The molecule has 0 spiro atoms. The van der Waals surface area contributed by atoms with E-state index in [0.29, 0.717) is 6.54 Å². The Balaban J connectivity index is 2.29. The van der Waals surface area contributed by atoms with Crippen LogP contribution in [-0.2, 0) is 19.1 Å². The topological polar surface area (TPSA) is 84.9 Å². The van der Waals surface area contributed by atoms with Crippen molar-refractivity contribution in [2.45, 2.75) is 64.8 Å². The van der Waals surface area contributed by atoms with Crippen LogP contribution in [0.15, 0.2) is 11.6 Å². The zero-order valence-electron chi connectivity index (χ0n) is 13.5. The molecule has 0 amide bonds. The standard InChI is InChI=1S/C16H27NO5/c1-3-4-5-6-7-8-9-17-11-14(21-12(2)18)13-10-15(19)22-16(13)20/h10,14,16-17,20H,3-9,11H2,1-2H3. The van der Waals surface area contributed by atoms with Crippen LogP contribution < -0.4 is 5.32 Å². The Morgan fingerprint density at radius 3 is 2.64 bits per heavy atom. The fraction of sp³-hybridized carbons (Fsp3) is 0.750. The number of carbonyl (C=O) groups excluding carboxylic acids is 2. The van der Waals surface area contributed by atoms with Crippen molar-refractivity contribution in [2.24, 2.45) is 0 Å². The van der Waals surface area contributed by atoms with Gasteiger partial charge in [-0.25, -0.2) is 4.79 Å². The molecule has 0 radical (unpaired) electrons. The summed E-state index contributed by atoms with van der Waals surface area (Å²) in [6.45, 7) is 4.65. The van der Waals surface area contributed by atoms with Gasteiger partial charge in [0.05, 0.1) is 0 Å². The van der Waals surface area contributed by atoms with E-state index in [1.165, 1.54) is 38.7 Å². The first kappa shape index (κ1) is 18.6. The van der Waals surface area contributed by atoms with E-state index in [0.717, 1.165) is 19.4 Å². The number of aliphatic hydroxyl groups is 1. The molecule has 1 aliphatic rings. The molecular weight excluding hydrogens is 286 g/mol. The van der Waals surface area contributed by atoms with E-state index in [1.54, 1.807) is 0 Å². The average Bonchev–Trinajstić information content (AvgIpc) is 2.79. The molecule has 2 atom stereocenters. The highest BCUT2D eigenvalue weighted by molar-refractivity contribution is 5.86. The molecule has 0 aromatic heterocycles. The normalized spacial score (nSPS) is 18.8. The number of cyclic esters (lactones) is 1. The third-order valence-corrected chi connectivity index (χ3v) is 3.51. The Bertz CT molecular complexity index is 394. The minimum absolute atomic E-state index is 0.288. The first-order valence-corrected chi connectivity index (χ1v) is 8.02. The second-order valence-corrected chi connectivity index (χ2v) is 5.50. The average molecular weight is 313 g/mol. The third-order valence-electron chi connectivity index (χ3n) is 3.51. The van der Waals surface area contributed by atoms with Gasteiger partial charge in [-0.15, -0.1) is 0 Å². The van der Waals surface area contributed by atoms with Crippen LogP contribution in [0.1, 0.15) is 52.4 Å². The monoisotopic (exact) mass is 313 g/mol. The van der Waals surface area contributed by atoms with Crippen LogP contribution >= 0.6 is 0 Å². The van der Waals surface area contributed by atoms with E-state index in [4.69, 9.17) is 4.74 Å². The predicted octanol–water partition coefficient (Wildman–Crippen LogP) is 1.67. The first-order chi connectivity index (χ1) is 10.5. The van der Waals surface area contributed by atoms with Crippen molar-refractivity contribution in [1.29, 1.82) is 0 Å². The molecule has 1 heterocycles. The van der Waals surface area contributed by atoms with E-state index in [-0.39, 0.29) is 5.57 Å². The summed E-state index contributed by atoms with van der Waals surface area (Å²) in [7, 11) is 0. The van der Waals surface area contributed by atoms with Gasteiger partial charge in [0.1, 0.15) is 6.10 Å². The molecule has 0 saturated carbocycles. The maximum absolute atomic E-state index is 11.2. The number of ether oxygens (including phenoxy) is 2. The number of hydrogen-bond donors (Lipinski definition) is 2. The lowest BCUT2D eigenvalue weighted by atomic mass is 10.1. The van der Waals surface area contributed by atoms with E-state index in [1.807, 2.05) is 0 Å². The van der Waals surface area contributed by atoms with Crippen molar-refractivity contribution in [2.75, 3.05) is 13.1 Å². The summed E-state index contributed by atoms with van der Waals surface area (Å²) in [4.78, 5) is 22.3. The van der Waals surface area contributed by atoms with Crippen LogP contribution in [-0.4, -0.2) is 42.5 Å². The van der Waals surface area contributed by atoms with Crippen LogP contribution in [0.25, 0.3) is 0 Å². The van der Waals surface area contributed by atoms with Crippen LogP contribution in [0.3, 0.4) is 0 Å². The summed E-state index contributed by atoms with van der Waals surface area (Å²) >= 11 is 0. The largest absolute Gasteiger partial charge is 0.456 e. The molecule has 6 nitrogen and oxygen atoms in total. The van der Waals surface area contributed by atoms with Gasteiger partial charge in [-0.1, -0.05) is 39.0 Å². The van der Waals surface area contributed by atoms with Gasteiger partial charge < -0.3 is 19.9 Å². The quantitative estimate of drug-likeness (QED) is 0.446. The van der Waals surface area contributed by atoms with Crippen molar-refractivity contribution >= 4 is 11.9 Å². The van der Waals surface area contributed by atoms with Crippen LogP contribution in [0.2, 0.25) is 0 Å². The summed E-state index contributed by atoms with van der Waals surface area (Å²) < 4.78 is 9.77. The van der Waals surface area contributed by atoms with Gasteiger partial charge in [-0.2, -0.15) is 0 Å². The molecule has 1 aliphatic heterocycles. The molecule has 0 saturated heterocycles. The van der Waals surface area contributed by atoms with Gasteiger partial charge in [0.25, 0.3) is 0 Å². The highest BCUT2D eigenvalue weighted by Crippen LogP contribution is 2.19. The van der Waals surface area contributed by atoms with Crippen LogP contribution in [0, 0.1) is 0 Å². The van der Waals surface area contributed by atoms with Crippen molar-refractivity contribution < 1.29 is 24.2 Å². The molecule has 0 aromatic rings. The summed E-state index contributed by atoms with van der Waals surface area (Å²) in [6, 6.07) is 0. The predicted molar refractivity (Wildman–Crippen MR) is 82.0 cm³/mol. The minimum atomic E-state index is -1.33. The molecule has 126 valence electrons. The smallest absolute Gasteiger partial charge is 0.333 e. The van der Waals surface area contributed by atoms with Crippen molar-refractivity contribution in [1.82, 2.24) is 5.32 Å². The van der Waals surface area contributed by atoms with E-state index < -0.39 is 24.3 Å². The Kier molecular flexibility index (Phi) is 8.77. The summed E-state index contributed by atoms with van der Waals surface area (Å²) in [5.74, 6) is -1.07. The third kappa shape index (κ3) is 7.04. The minimum Gasteiger partial charge on any atom is -0.456 e. The number of nitrogens with one attached hydrogen (secondary N) is 1. The molecule has 1 rings (SSSR count). The van der Waals surface area contributed by atoms with Gasteiger partial charge in [0.15, 0.2) is 0 Å². The number of unbranched alkanes of at least 4 members (excludes halogenated alkanes) is 5.